The van der Waals surface area contributed by atoms with E-state index >= 15 is 0 Å². The molecule has 0 spiro atoms. The fourth-order valence-electron chi connectivity index (χ4n) is 2.21. The molecule has 116 valence electrons. The predicted molar refractivity (Wildman–Crippen MR) is 73.1 cm³/mol. The third-order valence-electron chi connectivity index (χ3n) is 3.34. The van der Waals surface area contributed by atoms with Crippen molar-refractivity contribution in [3.8, 4) is 0 Å². The zero-order chi connectivity index (χ0) is 15.4. The summed E-state index contributed by atoms with van der Waals surface area (Å²) in [4.78, 5) is 11.1. The summed E-state index contributed by atoms with van der Waals surface area (Å²) in [6, 6.07) is 9.43. The van der Waals surface area contributed by atoms with Crippen molar-refractivity contribution in [3.63, 3.8) is 0 Å². The summed E-state index contributed by atoms with van der Waals surface area (Å²) in [6.07, 6.45) is -4.99. The molecule has 0 saturated carbocycles. The Balaban J connectivity index is 2.04. The highest BCUT2D eigenvalue weighted by Crippen LogP contribution is 2.25. The zero-order valence-electron chi connectivity index (χ0n) is 12.0. The highest BCUT2D eigenvalue weighted by atomic mass is 16.7. The van der Waals surface area contributed by atoms with Crippen molar-refractivity contribution >= 4 is 5.97 Å². The SMILES string of the molecule is CC(=O)O[C@H]1[C@H](OCc2ccccc2)O[C@@H](C)[C@@H](O)[C@@H]1O. The van der Waals surface area contributed by atoms with Gasteiger partial charge in [-0.2, -0.15) is 0 Å². The molecular formula is C15H20O6. The average molecular weight is 296 g/mol. The summed E-state index contributed by atoms with van der Waals surface area (Å²) >= 11 is 0. The first-order valence-corrected chi connectivity index (χ1v) is 6.83. The van der Waals surface area contributed by atoms with Gasteiger partial charge in [-0.05, 0) is 12.5 Å². The van der Waals surface area contributed by atoms with Crippen LogP contribution in [-0.2, 0) is 25.6 Å². The van der Waals surface area contributed by atoms with Crippen LogP contribution >= 0.6 is 0 Å². The van der Waals surface area contributed by atoms with E-state index < -0.39 is 36.7 Å². The topological polar surface area (TPSA) is 85.2 Å². The van der Waals surface area contributed by atoms with Gasteiger partial charge in [-0.3, -0.25) is 4.79 Å². The molecule has 1 heterocycles. The molecule has 1 fully saturated rings. The first-order valence-electron chi connectivity index (χ1n) is 6.83. The minimum atomic E-state index is -1.25. The van der Waals surface area contributed by atoms with Crippen LogP contribution in [0.2, 0.25) is 0 Å². The third-order valence-corrected chi connectivity index (χ3v) is 3.34. The highest BCUT2D eigenvalue weighted by molar-refractivity contribution is 5.66. The molecule has 1 aliphatic heterocycles. The molecule has 1 saturated heterocycles. The molecule has 0 amide bonds. The van der Waals surface area contributed by atoms with Crippen molar-refractivity contribution in [1.82, 2.24) is 0 Å². The lowest BCUT2D eigenvalue weighted by molar-refractivity contribution is -0.299. The van der Waals surface area contributed by atoms with Crippen molar-refractivity contribution in [3.05, 3.63) is 35.9 Å². The van der Waals surface area contributed by atoms with E-state index in [-0.39, 0.29) is 6.61 Å². The van der Waals surface area contributed by atoms with Crippen LogP contribution in [0.1, 0.15) is 19.4 Å². The second kappa shape index (κ2) is 7.00. The number of ether oxygens (including phenoxy) is 3. The summed E-state index contributed by atoms with van der Waals surface area (Å²) in [5, 5.41) is 19.8. The van der Waals surface area contributed by atoms with Crippen LogP contribution in [0.15, 0.2) is 30.3 Å². The smallest absolute Gasteiger partial charge is 0.303 e. The number of esters is 1. The van der Waals surface area contributed by atoms with Crippen molar-refractivity contribution in [2.45, 2.75) is 51.2 Å². The van der Waals surface area contributed by atoms with Crippen molar-refractivity contribution in [1.29, 1.82) is 0 Å². The first-order chi connectivity index (χ1) is 9.99. The van der Waals surface area contributed by atoms with Crippen LogP contribution < -0.4 is 0 Å². The van der Waals surface area contributed by atoms with Crippen LogP contribution in [0, 0.1) is 0 Å². The third kappa shape index (κ3) is 4.01. The number of carbonyl (C=O) groups excluding carboxylic acids is 1. The average Bonchev–Trinajstić information content (AvgIpc) is 2.47. The van der Waals surface area contributed by atoms with Crippen molar-refractivity contribution in [2.24, 2.45) is 0 Å². The minimum Gasteiger partial charge on any atom is -0.454 e. The van der Waals surface area contributed by atoms with E-state index in [4.69, 9.17) is 14.2 Å². The second-order valence-corrected chi connectivity index (χ2v) is 5.06. The maximum atomic E-state index is 11.1. The van der Waals surface area contributed by atoms with Gasteiger partial charge in [0.1, 0.15) is 12.2 Å². The van der Waals surface area contributed by atoms with Gasteiger partial charge in [-0.25, -0.2) is 0 Å². The Labute approximate surface area is 123 Å². The highest BCUT2D eigenvalue weighted by Gasteiger charge is 2.45. The quantitative estimate of drug-likeness (QED) is 0.792. The molecule has 1 aliphatic rings. The van der Waals surface area contributed by atoms with E-state index in [9.17, 15) is 15.0 Å². The van der Waals surface area contributed by atoms with Gasteiger partial charge in [0.2, 0.25) is 0 Å². The molecule has 1 aromatic rings. The van der Waals surface area contributed by atoms with Crippen LogP contribution in [0.3, 0.4) is 0 Å². The fraction of sp³-hybridized carbons (Fsp3) is 0.533. The molecule has 1 aromatic carbocycles. The van der Waals surface area contributed by atoms with E-state index in [1.807, 2.05) is 30.3 Å². The lowest BCUT2D eigenvalue weighted by Crippen LogP contribution is -2.58. The lowest BCUT2D eigenvalue weighted by Gasteiger charge is -2.40. The molecule has 6 nitrogen and oxygen atoms in total. The Bertz CT molecular complexity index is 462. The fourth-order valence-corrected chi connectivity index (χ4v) is 2.21. The van der Waals surface area contributed by atoms with Gasteiger partial charge in [0.15, 0.2) is 12.4 Å². The molecule has 0 aliphatic carbocycles. The van der Waals surface area contributed by atoms with Crippen LogP contribution in [0.25, 0.3) is 0 Å². The molecule has 0 aromatic heterocycles. The summed E-state index contributed by atoms with van der Waals surface area (Å²) < 4.78 is 16.1. The maximum absolute atomic E-state index is 11.1. The van der Waals surface area contributed by atoms with Gasteiger partial charge in [-0.15, -0.1) is 0 Å². The minimum absolute atomic E-state index is 0.249. The van der Waals surface area contributed by atoms with Crippen LogP contribution in [-0.4, -0.2) is 46.9 Å². The Morgan fingerprint density at radius 1 is 1.24 bits per heavy atom. The number of aliphatic hydroxyl groups is 2. The normalized spacial score (nSPS) is 32.7. The van der Waals surface area contributed by atoms with Crippen LogP contribution in [0.4, 0.5) is 0 Å². The largest absolute Gasteiger partial charge is 0.454 e. The molecule has 2 N–H and O–H groups in total. The van der Waals surface area contributed by atoms with Gasteiger partial charge < -0.3 is 24.4 Å². The summed E-state index contributed by atoms with van der Waals surface area (Å²) in [6.45, 7) is 3.10. The van der Waals surface area contributed by atoms with E-state index in [0.717, 1.165) is 5.56 Å². The molecule has 0 bridgehead atoms. The molecule has 0 radical (unpaired) electrons. The maximum Gasteiger partial charge on any atom is 0.303 e. The van der Waals surface area contributed by atoms with Gasteiger partial charge in [0.25, 0.3) is 0 Å². The summed E-state index contributed by atoms with van der Waals surface area (Å²) in [5.74, 6) is -0.572. The number of rotatable bonds is 4. The van der Waals surface area contributed by atoms with E-state index in [1.165, 1.54) is 6.92 Å². The van der Waals surface area contributed by atoms with Crippen molar-refractivity contribution in [2.75, 3.05) is 0 Å². The predicted octanol–water partition coefficient (Wildman–Crippen LogP) is 0.601. The monoisotopic (exact) mass is 296 g/mol. The molecule has 21 heavy (non-hydrogen) atoms. The standard InChI is InChI=1S/C15H20O6/c1-9-12(17)13(18)14(21-10(2)16)15(20-9)19-8-11-6-4-3-5-7-11/h3-7,9,12-15,17-18H,8H2,1-2H3/t9-,12+,13-,14+,15+/m0/s1. The molecule has 5 atom stereocenters. The number of hydrogen-bond acceptors (Lipinski definition) is 6. The van der Waals surface area contributed by atoms with Gasteiger partial charge >= 0.3 is 5.97 Å². The summed E-state index contributed by atoms with van der Waals surface area (Å²) in [7, 11) is 0. The molecule has 0 unspecified atom stereocenters. The Hall–Kier alpha value is -1.47. The number of hydrogen-bond donors (Lipinski definition) is 2. The molecular weight excluding hydrogens is 276 g/mol. The number of aliphatic hydroxyl groups excluding tert-OH is 2. The van der Waals surface area contributed by atoms with Gasteiger partial charge in [0, 0.05) is 6.92 Å². The molecule has 2 rings (SSSR count). The van der Waals surface area contributed by atoms with E-state index in [2.05, 4.69) is 0 Å². The van der Waals surface area contributed by atoms with Gasteiger partial charge in [-0.1, -0.05) is 30.3 Å². The van der Waals surface area contributed by atoms with E-state index in [1.54, 1.807) is 6.92 Å². The second-order valence-electron chi connectivity index (χ2n) is 5.06. The van der Waals surface area contributed by atoms with Crippen LogP contribution in [0.5, 0.6) is 0 Å². The Morgan fingerprint density at radius 3 is 2.52 bits per heavy atom. The Kier molecular flexibility index (Phi) is 5.30. The molecule has 6 heteroatoms. The zero-order valence-corrected chi connectivity index (χ0v) is 12.0. The Morgan fingerprint density at radius 2 is 1.90 bits per heavy atom. The number of benzene rings is 1. The first kappa shape index (κ1) is 15.9. The van der Waals surface area contributed by atoms with Crippen molar-refractivity contribution < 1.29 is 29.2 Å². The van der Waals surface area contributed by atoms with E-state index in [0.29, 0.717) is 0 Å². The van der Waals surface area contributed by atoms with Gasteiger partial charge in [0.05, 0.1) is 12.7 Å². The lowest BCUT2D eigenvalue weighted by atomic mass is 10.00. The number of carbonyl (C=O) groups is 1. The summed E-state index contributed by atoms with van der Waals surface area (Å²) in [5.41, 5.74) is 0.927.